The van der Waals surface area contributed by atoms with Gasteiger partial charge < -0.3 is 9.84 Å². The molecule has 1 heterocycles. The van der Waals surface area contributed by atoms with Gasteiger partial charge in [-0.3, -0.25) is 4.79 Å². The molecule has 1 aliphatic heterocycles. The molecule has 1 saturated carbocycles. The van der Waals surface area contributed by atoms with E-state index in [2.05, 4.69) is 26.8 Å². The van der Waals surface area contributed by atoms with Crippen LogP contribution >= 0.6 is 0 Å². The quantitative estimate of drug-likeness (QED) is 0.585. The lowest BCUT2D eigenvalue weighted by atomic mass is 9.49. The average molecular weight is 264 g/mol. The molecule has 19 heavy (non-hydrogen) atoms. The van der Waals surface area contributed by atoms with Crippen LogP contribution in [0, 0.1) is 29.1 Å². The second-order valence-electron chi connectivity index (χ2n) is 7.19. The molecule has 2 aliphatic carbocycles. The van der Waals surface area contributed by atoms with Crippen molar-refractivity contribution in [3.05, 3.63) is 11.6 Å². The van der Waals surface area contributed by atoms with E-state index in [0.29, 0.717) is 30.0 Å². The van der Waals surface area contributed by atoms with Crippen LogP contribution in [0.3, 0.4) is 0 Å². The van der Waals surface area contributed by atoms with Crippen LogP contribution in [0.1, 0.15) is 40.5 Å². The Bertz CT molecular complexity index is 441. The van der Waals surface area contributed by atoms with E-state index in [-0.39, 0.29) is 5.92 Å². The van der Waals surface area contributed by atoms with Gasteiger partial charge >= 0.3 is 5.97 Å². The summed E-state index contributed by atoms with van der Waals surface area (Å²) in [4.78, 5) is 11.6. The molecule has 0 radical (unpaired) electrons. The fourth-order valence-corrected chi connectivity index (χ4v) is 4.60. The van der Waals surface area contributed by atoms with Crippen molar-refractivity contribution in [2.75, 3.05) is 0 Å². The van der Waals surface area contributed by atoms with Gasteiger partial charge in [0, 0.05) is 5.92 Å². The van der Waals surface area contributed by atoms with Crippen LogP contribution in [0.15, 0.2) is 11.6 Å². The zero-order chi connectivity index (χ0) is 13.9. The topological polar surface area (TPSA) is 49.8 Å². The van der Waals surface area contributed by atoms with Gasteiger partial charge in [-0.05, 0) is 44.4 Å². The maximum atomic E-state index is 11.6. The van der Waals surface area contributed by atoms with E-state index in [9.17, 15) is 9.90 Å². The first-order chi connectivity index (χ1) is 8.84. The molecule has 2 fully saturated rings. The maximum absolute atomic E-state index is 11.6. The van der Waals surface area contributed by atoms with Crippen LogP contribution in [0.2, 0.25) is 0 Å². The molecule has 1 saturated heterocycles. The van der Waals surface area contributed by atoms with Gasteiger partial charge in [-0.15, -0.1) is 0 Å². The molecule has 1 N–H and O–H groups in total. The van der Waals surface area contributed by atoms with Crippen molar-refractivity contribution in [2.24, 2.45) is 29.1 Å². The Morgan fingerprint density at radius 2 is 2.16 bits per heavy atom. The molecule has 3 aliphatic rings. The maximum Gasteiger partial charge on any atom is 0.309 e. The highest BCUT2D eigenvalue weighted by Gasteiger charge is 2.59. The van der Waals surface area contributed by atoms with E-state index in [1.807, 2.05) is 6.92 Å². The monoisotopic (exact) mass is 264 g/mol. The number of epoxide rings is 1. The van der Waals surface area contributed by atoms with E-state index in [1.54, 1.807) is 0 Å². The highest BCUT2D eigenvalue weighted by atomic mass is 16.6. The minimum atomic E-state index is -0.637. The van der Waals surface area contributed by atoms with Crippen LogP contribution in [0.25, 0.3) is 0 Å². The smallest absolute Gasteiger partial charge is 0.309 e. The minimum Gasteiger partial charge on any atom is -0.481 e. The number of carboxylic acid groups (broad SMARTS) is 1. The van der Waals surface area contributed by atoms with E-state index in [4.69, 9.17) is 4.74 Å². The molecule has 3 rings (SSSR count). The van der Waals surface area contributed by atoms with Crippen molar-refractivity contribution >= 4 is 5.97 Å². The summed E-state index contributed by atoms with van der Waals surface area (Å²) < 4.78 is 5.77. The fraction of sp³-hybridized carbons (Fsp3) is 0.812. The first kappa shape index (κ1) is 13.2. The largest absolute Gasteiger partial charge is 0.481 e. The van der Waals surface area contributed by atoms with Gasteiger partial charge in [0.05, 0.1) is 17.6 Å². The Morgan fingerprint density at radius 1 is 1.47 bits per heavy atom. The lowest BCUT2D eigenvalue weighted by Crippen LogP contribution is -2.53. The number of fused-ring (bicyclic) bond motifs is 2. The Morgan fingerprint density at radius 3 is 2.79 bits per heavy atom. The molecule has 0 spiro atoms. The van der Waals surface area contributed by atoms with Gasteiger partial charge in [-0.1, -0.05) is 25.5 Å². The van der Waals surface area contributed by atoms with Gasteiger partial charge in [-0.25, -0.2) is 0 Å². The SMILES string of the molecule is C/C1=C\C(C)C2OC2CC(C)C2CC(C)(C(=O)O)C12. The Balaban J connectivity index is 1.93. The number of carbonyl (C=O) groups is 1. The van der Waals surface area contributed by atoms with Crippen molar-refractivity contribution < 1.29 is 14.6 Å². The zero-order valence-corrected chi connectivity index (χ0v) is 12.2. The zero-order valence-electron chi connectivity index (χ0n) is 12.2. The van der Waals surface area contributed by atoms with E-state index in [0.717, 1.165) is 12.8 Å². The van der Waals surface area contributed by atoms with Gasteiger partial charge in [0.15, 0.2) is 0 Å². The molecule has 0 amide bonds. The summed E-state index contributed by atoms with van der Waals surface area (Å²) in [5, 5.41) is 9.54. The summed E-state index contributed by atoms with van der Waals surface area (Å²) in [6.07, 6.45) is 4.94. The first-order valence-corrected chi connectivity index (χ1v) is 7.41. The van der Waals surface area contributed by atoms with Crippen molar-refractivity contribution in [1.29, 1.82) is 0 Å². The molecule has 0 aromatic rings. The molecule has 3 nitrogen and oxygen atoms in total. The number of carboxylic acids is 1. The predicted molar refractivity (Wildman–Crippen MR) is 72.7 cm³/mol. The summed E-state index contributed by atoms with van der Waals surface area (Å²) in [6.45, 7) is 8.49. The molecule has 106 valence electrons. The number of hydrogen-bond donors (Lipinski definition) is 1. The lowest BCUT2D eigenvalue weighted by Gasteiger charge is -2.53. The van der Waals surface area contributed by atoms with Crippen molar-refractivity contribution in [3.8, 4) is 0 Å². The molecule has 0 aromatic heterocycles. The third kappa shape index (κ3) is 1.85. The fourth-order valence-electron chi connectivity index (χ4n) is 4.60. The third-order valence-electron chi connectivity index (χ3n) is 5.75. The summed E-state index contributed by atoms with van der Waals surface area (Å²) in [5.74, 6) is 1.05. The third-order valence-corrected chi connectivity index (χ3v) is 5.75. The Labute approximate surface area is 115 Å². The number of rotatable bonds is 1. The normalized spacial score (nSPS) is 55.3. The Hall–Kier alpha value is -0.830. The lowest BCUT2D eigenvalue weighted by molar-refractivity contribution is -0.165. The van der Waals surface area contributed by atoms with Crippen LogP contribution in [0.5, 0.6) is 0 Å². The highest BCUT2D eigenvalue weighted by molar-refractivity contribution is 5.76. The van der Waals surface area contributed by atoms with E-state index in [1.165, 1.54) is 5.57 Å². The number of hydrogen-bond acceptors (Lipinski definition) is 2. The van der Waals surface area contributed by atoms with Gasteiger partial charge in [-0.2, -0.15) is 0 Å². The van der Waals surface area contributed by atoms with Crippen LogP contribution in [-0.2, 0) is 9.53 Å². The summed E-state index contributed by atoms with van der Waals surface area (Å²) in [5.41, 5.74) is 0.700. The summed E-state index contributed by atoms with van der Waals surface area (Å²) in [7, 11) is 0. The summed E-state index contributed by atoms with van der Waals surface area (Å²) in [6, 6.07) is 0. The van der Waals surface area contributed by atoms with Gasteiger partial charge in [0.25, 0.3) is 0 Å². The van der Waals surface area contributed by atoms with Crippen molar-refractivity contribution in [3.63, 3.8) is 0 Å². The number of allylic oxidation sites excluding steroid dienone is 1. The molecule has 7 unspecified atom stereocenters. The van der Waals surface area contributed by atoms with Crippen LogP contribution in [-0.4, -0.2) is 23.3 Å². The molecule has 0 bridgehead atoms. The average Bonchev–Trinajstić information content (AvgIpc) is 3.02. The first-order valence-electron chi connectivity index (χ1n) is 7.41. The molecular formula is C16H24O3. The molecule has 7 atom stereocenters. The van der Waals surface area contributed by atoms with Crippen molar-refractivity contribution in [2.45, 2.75) is 52.7 Å². The van der Waals surface area contributed by atoms with Crippen LogP contribution < -0.4 is 0 Å². The molecular weight excluding hydrogens is 240 g/mol. The predicted octanol–water partition coefficient (Wildman–Crippen LogP) is 3.10. The second kappa shape index (κ2) is 4.08. The number of ether oxygens (including phenoxy) is 1. The second-order valence-corrected chi connectivity index (χ2v) is 7.19. The minimum absolute atomic E-state index is 0.208. The summed E-state index contributed by atoms with van der Waals surface area (Å²) >= 11 is 0. The van der Waals surface area contributed by atoms with Gasteiger partial charge in [0.1, 0.15) is 0 Å². The molecule has 0 aromatic carbocycles. The van der Waals surface area contributed by atoms with Gasteiger partial charge in [0.2, 0.25) is 0 Å². The van der Waals surface area contributed by atoms with Crippen LogP contribution in [0.4, 0.5) is 0 Å². The molecule has 3 heteroatoms. The van der Waals surface area contributed by atoms with E-state index < -0.39 is 11.4 Å². The number of aliphatic carboxylic acids is 1. The standard InChI is InChI=1S/C16H24O3/c1-8-6-12-14(19-12)10(3)5-9(2)13-11(8)7-16(13,4)15(17)18/h5,8,10-14H,6-7H2,1-4H3,(H,17,18)/b9-5+. The highest BCUT2D eigenvalue weighted by Crippen LogP contribution is 2.59. The Kier molecular flexibility index (Phi) is 2.83. The van der Waals surface area contributed by atoms with Crippen molar-refractivity contribution in [1.82, 2.24) is 0 Å². The van der Waals surface area contributed by atoms with E-state index >= 15 is 0 Å².